The van der Waals surface area contributed by atoms with Crippen LogP contribution in [0.25, 0.3) is 0 Å². The van der Waals surface area contributed by atoms with E-state index < -0.39 is 19.6 Å². The summed E-state index contributed by atoms with van der Waals surface area (Å²) in [4.78, 5) is 0. The van der Waals surface area contributed by atoms with Crippen LogP contribution < -0.4 is 10.1 Å². The van der Waals surface area contributed by atoms with Crippen molar-refractivity contribution in [1.29, 1.82) is 0 Å². The van der Waals surface area contributed by atoms with Gasteiger partial charge < -0.3 is 14.8 Å². The van der Waals surface area contributed by atoms with Gasteiger partial charge in [0.1, 0.15) is 12.4 Å². The van der Waals surface area contributed by atoms with Crippen LogP contribution in [0.15, 0.2) is 18.2 Å². The Hall–Kier alpha value is -1.27. The molecule has 1 aromatic carbocycles. The number of ether oxygens (including phenoxy) is 2. The van der Waals surface area contributed by atoms with Gasteiger partial charge in [0.15, 0.2) is 6.79 Å². The molecular formula is C14H18F3NO2. The summed E-state index contributed by atoms with van der Waals surface area (Å²) < 4.78 is 45.3. The number of benzene rings is 1. The molecule has 0 aliphatic heterocycles. The first-order valence-electron chi connectivity index (χ1n) is 6.63. The van der Waals surface area contributed by atoms with Crippen LogP contribution in [-0.4, -0.2) is 26.1 Å². The minimum absolute atomic E-state index is 0.366. The zero-order valence-corrected chi connectivity index (χ0v) is 11.3. The summed E-state index contributed by atoms with van der Waals surface area (Å²) in [6.07, 6.45) is -2.33. The largest absolute Gasteiger partial charge is 0.468 e. The van der Waals surface area contributed by atoms with Crippen LogP contribution in [0.4, 0.5) is 13.2 Å². The van der Waals surface area contributed by atoms with E-state index in [1.807, 2.05) is 12.1 Å². The van der Waals surface area contributed by atoms with Gasteiger partial charge in [0.2, 0.25) is 0 Å². The smallest absolute Gasteiger partial charge is 0.411 e. The van der Waals surface area contributed by atoms with Crippen molar-refractivity contribution in [2.45, 2.75) is 32.0 Å². The zero-order valence-electron chi connectivity index (χ0n) is 11.3. The van der Waals surface area contributed by atoms with Crippen molar-refractivity contribution < 1.29 is 22.6 Å². The predicted molar refractivity (Wildman–Crippen MR) is 68.7 cm³/mol. The fourth-order valence-corrected chi connectivity index (χ4v) is 2.41. The van der Waals surface area contributed by atoms with Gasteiger partial charge >= 0.3 is 6.18 Å². The van der Waals surface area contributed by atoms with Crippen LogP contribution in [0, 0.1) is 0 Å². The third-order valence-electron chi connectivity index (χ3n) is 3.22. The lowest BCUT2D eigenvalue weighted by atomic mass is 10.1. The third kappa shape index (κ3) is 4.11. The lowest BCUT2D eigenvalue weighted by Crippen LogP contribution is -2.19. The maximum atomic E-state index is 11.9. The lowest BCUT2D eigenvalue weighted by molar-refractivity contribution is -0.186. The van der Waals surface area contributed by atoms with Gasteiger partial charge in [-0.05, 0) is 42.6 Å². The lowest BCUT2D eigenvalue weighted by Gasteiger charge is -2.13. The van der Waals surface area contributed by atoms with E-state index in [0.29, 0.717) is 11.8 Å². The Balaban J connectivity index is 1.86. The van der Waals surface area contributed by atoms with E-state index in [2.05, 4.69) is 17.0 Å². The minimum Gasteiger partial charge on any atom is -0.468 e. The van der Waals surface area contributed by atoms with Crippen LogP contribution >= 0.6 is 0 Å². The fraction of sp³-hybridized carbons (Fsp3) is 0.571. The highest BCUT2D eigenvalue weighted by molar-refractivity contribution is 5.40. The average molecular weight is 289 g/mol. The zero-order chi connectivity index (χ0) is 14.6. The molecule has 0 saturated heterocycles. The van der Waals surface area contributed by atoms with Crippen LogP contribution in [0.3, 0.4) is 0 Å². The van der Waals surface area contributed by atoms with E-state index in [-0.39, 0.29) is 0 Å². The van der Waals surface area contributed by atoms with Crippen molar-refractivity contribution in [3.8, 4) is 5.75 Å². The highest BCUT2D eigenvalue weighted by Crippen LogP contribution is 2.33. The molecule has 0 amide bonds. The van der Waals surface area contributed by atoms with Gasteiger partial charge in [-0.1, -0.05) is 13.0 Å². The molecule has 20 heavy (non-hydrogen) atoms. The van der Waals surface area contributed by atoms with E-state index in [1.54, 1.807) is 6.07 Å². The van der Waals surface area contributed by atoms with Gasteiger partial charge in [0.25, 0.3) is 0 Å². The van der Waals surface area contributed by atoms with Gasteiger partial charge in [-0.15, -0.1) is 0 Å². The first kappa shape index (κ1) is 15.1. The Morgan fingerprint density at radius 1 is 1.35 bits per heavy atom. The summed E-state index contributed by atoms with van der Waals surface area (Å²) in [5.41, 5.74) is 2.43. The summed E-state index contributed by atoms with van der Waals surface area (Å²) in [7, 11) is 0. The van der Waals surface area contributed by atoms with Crippen LogP contribution in [-0.2, 0) is 11.2 Å². The van der Waals surface area contributed by atoms with Crippen LogP contribution in [0.1, 0.15) is 30.5 Å². The number of halogens is 3. The van der Waals surface area contributed by atoms with E-state index in [1.165, 1.54) is 11.1 Å². The van der Waals surface area contributed by atoms with Crippen molar-refractivity contribution in [2.24, 2.45) is 0 Å². The van der Waals surface area contributed by atoms with E-state index in [9.17, 15) is 13.2 Å². The number of alkyl halides is 3. The quantitative estimate of drug-likeness (QED) is 0.644. The normalized spacial score (nSPS) is 18.1. The molecule has 0 heterocycles. The summed E-state index contributed by atoms with van der Waals surface area (Å²) in [5.74, 6) is 0.545. The van der Waals surface area contributed by atoms with Crippen molar-refractivity contribution in [3.05, 3.63) is 29.3 Å². The number of hydrogen-bond donors (Lipinski definition) is 1. The second kappa shape index (κ2) is 6.45. The molecule has 1 atom stereocenters. The Morgan fingerprint density at radius 2 is 2.15 bits per heavy atom. The van der Waals surface area contributed by atoms with Gasteiger partial charge in [-0.3, -0.25) is 0 Å². The molecule has 6 heteroatoms. The first-order valence-corrected chi connectivity index (χ1v) is 6.63. The molecule has 0 bridgehead atoms. The maximum Gasteiger partial charge on any atom is 0.411 e. The number of nitrogens with one attached hydrogen (secondary N) is 1. The molecule has 0 aromatic heterocycles. The van der Waals surface area contributed by atoms with Gasteiger partial charge in [-0.2, -0.15) is 13.2 Å². The molecule has 1 N–H and O–H groups in total. The number of aryl methyl sites for hydroxylation is 1. The van der Waals surface area contributed by atoms with Gasteiger partial charge in [-0.25, -0.2) is 0 Å². The van der Waals surface area contributed by atoms with Crippen molar-refractivity contribution in [1.82, 2.24) is 5.32 Å². The molecule has 1 aromatic rings. The molecule has 1 aliphatic carbocycles. The predicted octanol–water partition coefficient (Wildman–Crippen LogP) is 3.20. The second-order valence-electron chi connectivity index (χ2n) is 4.74. The van der Waals surface area contributed by atoms with Gasteiger partial charge in [0, 0.05) is 6.04 Å². The Bertz CT molecular complexity index is 449. The molecular weight excluding hydrogens is 271 g/mol. The molecule has 1 aliphatic rings. The number of hydrogen-bond acceptors (Lipinski definition) is 3. The Morgan fingerprint density at radius 3 is 2.85 bits per heavy atom. The summed E-state index contributed by atoms with van der Waals surface area (Å²) >= 11 is 0. The molecule has 3 nitrogen and oxygen atoms in total. The van der Waals surface area contributed by atoms with E-state index in [0.717, 1.165) is 19.4 Å². The van der Waals surface area contributed by atoms with Crippen molar-refractivity contribution >= 4 is 0 Å². The highest BCUT2D eigenvalue weighted by Gasteiger charge is 2.27. The first-order chi connectivity index (χ1) is 9.49. The van der Waals surface area contributed by atoms with Crippen molar-refractivity contribution in [2.75, 3.05) is 19.9 Å². The minimum atomic E-state index is -4.32. The second-order valence-corrected chi connectivity index (χ2v) is 4.74. The molecule has 1 unspecified atom stereocenters. The highest BCUT2D eigenvalue weighted by atomic mass is 19.4. The molecule has 0 spiro atoms. The Labute approximate surface area is 116 Å². The SMILES string of the molecule is CCNC1CCc2cc(OCOCC(F)(F)F)ccc21. The van der Waals surface area contributed by atoms with E-state index in [4.69, 9.17) is 4.74 Å². The molecule has 0 fully saturated rings. The van der Waals surface area contributed by atoms with E-state index >= 15 is 0 Å². The molecule has 112 valence electrons. The summed E-state index contributed by atoms with van der Waals surface area (Å²) in [6, 6.07) is 5.98. The molecule has 2 rings (SSSR count). The summed E-state index contributed by atoms with van der Waals surface area (Å²) in [6.45, 7) is 1.29. The standard InChI is InChI=1S/C14H18F3NO2/c1-2-18-13-6-3-10-7-11(4-5-12(10)13)20-9-19-8-14(15,16)17/h4-5,7,13,18H,2-3,6,8-9H2,1H3. The van der Waals surface area contributed by atoms with Crippen molar-refractivity contribution in [3.63, 3.8) is 0 Å². The number of rotatable bonds is 6. The topological polar surface area (TPSA) is 30.5 Å². The average Bonchev–Trinajstić information content (AvgIpc) is 2.77. The Kier molecular flexibility index (Phi) is 4.88. The van der Waals surface area contributed by atoms with Crippen LogP contribution in [0.2, 0.25) is 0 Å². The summed E-state index contributed by atoms with van der Waals surface area (Å²) in [5, 5.41) is 3.40. The third-order valence-corrected chi connectivity index (χ3v) is 3.22. The maximum absolute atomic E-state index is 11.9. The van der Waals surface area contributed by atoms with Crippen LogP contribution in [0.5, 0.6) is 5.75 Å². The fourth-order valence-electron chi connectivity index (χ4n) is 2.41. The number of fused-ring (bicyclic) bond motifs is 1. The molecule has 0 radical (unpaired) electrons. The monoisotopic (exact) mass is 289 g/mol. The van der Waals surface area contributed by atoms with Gasteiger partial charge in [0.05, 0.1) is 0 Å². The molecule has 0 saturated carbocycles.